The molecule has 3 aromatic rings. The fraction of sp³-hybridized carbons (Fsp3) is 0.400. The summed E-state index contributed by atoms with van der Waals surface area (Å²) in [6.45, 7) is 8.78. The van der Waals surface area contributed by atoms with Crippen LogP contribution < -0.4 is 13.7 Å². The zero-order valence-corrected chi connectivity index (χ0v) is 24.8. The minimum absolute atomic E-state index is 0. The number of ether oxygens (including phenoxy) is 2. The number of methoxy groups -OCH3 is 2. The van der Waals surface area contributed by atoms with Crippen LogP contribution in [0.2, 0.25) is 0 Å². The second-order valence-corrected chi connectivity index (χ2v) is 11.4. The average molecular weight is 639 g/mol. The van der Waals surface area contributed by atoms with E-state index in [1.165, 1.54) is 25.3 Å². The Bertz CT molecular complexity index is 1480. The maximum Gasteiger partial charge on any atom is 0.420 e. The van der Waals surface area contributed by atoms with Gasteiger partial charge in [0.25, 0.3) is 0 Å². The molecule has 0 unspecified atom stereocenters. The molecule has 3 aromatic carbocycles. The minimum Gasteiger partial charge on any atom is -0.508 e. The topological polar surface area (TPSA) is 82.1 Å². The van der Waals surface area contributed by atoms with Gasteiger partial charge in [0, 0.05) is 11.1 Å². The summed E-state index contributed by atoms with van der Waals surface area (Å²) >= 11 is 0. The van der Waals surface area contributed by atoms with E-state index in [0.717, 1.165) is 18.7 Å². The molecule has 0 saturated heterocycles. The smallest absolute Gasteiger partial charge is 0.420 e. The van der Waals surface area contributed by atoms with Crippen LogP contribution in [0.1, 0.15) is 74.8 Å². The Morgan fingerprint density at radius 1 is 0.698 bits per heavy atom. The lowest BCUT2D eigenvalue weighted by Gasteiger charge is -2.19. The zero-order valence-electron chi connectivity index (χ0n) is 23.9. The van der Waals surface area contributed by atoms with Crippen LogP contribution in [0.3, 0.4) is 0 Å². The van der Waals surface area contributed by atoms with Gasteiger partial charge in [-0.05, 0) is 55.2 Å². The third-order valence-electron chi connectivity index (χ3n) is 6.04. The van der Waals surface area contributed by atoms with E-state index in [0.29, 0.717) is 23.3 Å². The molecule has 1 N–H and O–H groups in total. The van der Waals surface area contributed by atoms with Crippen LogP contribution in [0, 0.1) is 6.92 Å². The van der Waals surface area contributed by atoms with Crippen molar-refractivity contribution in [1.29, 1.82) is 0 Å². The van der Waals surface area contributed by atoms with Crippen molar-refractivity contribution in [2.75, 3.05) is 14.2 Å². The lowest BCUT2D eigenvalue weighted by Crippen LogP contribution is -2.14. The Morgan fingerprint density at radius 3 is 1.51 bits per heavy atom. The molecule has 0 amide bonds. The first-order chi connectivity index (χ1) is 19.2. The normalized spacial score (nSPS) is 11.9. The first-order valence-corrected chi connectivity index (χ1v) is 13.9. The molecular weight excluding hydrogens is 602 g/mol. The summed E-state index contributed by atoms with van der Waals surface area (Å²) in [4.78, 5) is -0.137. The van der Waals surface area contributed by atoms with Crippen molar-refractivity contribution in [3.63, 3.8) is 0 Å². The third-order valence-corrected chi connectivity index (χ3v) is 7.29. The number of halogens is 6. The highest BCUT2D eigenvalue weighted by Gasteiger charge is 2.37. The number of hydrogen-bond acceptors (Lipinski definition) is 6. The lowest BCUT2D eigenvalue weighted by atomic mass is 9.99. The van der Waals surface area contributed by atoms with Crippen LogP contribution in [0.15, 0.2) is 53.4 Å². The van der Waals surface area contributed by atoms with Gasteiger partial charge in [-0.15, -0.1) is 0 Å². The zero-order chi connectivity index (χ0) is 32.2. The summed E-state index contributed by atoms with van der Waals surface area (Å²) in [5.41, 5.74) is -0.485. The summed E-state index contributed by atoms with van der Waals surface area (Å²) in [7, 11) is -1.98. The highest BCUT2D eigenvalue weighted by atomic mass is 32.2. The van der Waals surface area contributed by atoms with E-state index in [4.69, 9.17) is 8.92 Å². The van der Waals surface area contributed by atoms with Gasteiger partial charge in [0.1, 0.15) is 39.0 Å². The first-order valence-electron chi connectivity index (χ1n) is 12.5. The third kappa shape index (κ3) is 9.44. The highest BCUT2D eigenvalue weighted by molar-refractivity contribution is 7.87. The SMILES string of the molecule is C.COc1cc(C(C)C)c(O)cc1C(F)(F)F.COc1cc(C(C)C)c(OS(=O)(=O)c2ccc(C)cc2)cc1C(F)(F)F. The van der Waals surface area contributed by atoms with Gasteiger partial charge >= 0.3 is 22.5 Å². The first kappa shape index (κ1) is 37.4. The summed E-state index contributed by atoms with van der Waals surface area (Å²) in [5, 5.41) is 9.49. The molecule has 0 radical (unpaired) electrons. The van der Waals surface area contributed by atoms with Gasteiger partial charge in [0.2, 0.25) is 0 Å². The second-order valence-electron chi connectivity index (χ2n) is 9.86. The van der Waals surface area contributed by atoms with Gasteiger partial charge in [0.05, 0.1) is 14.2 Å². The number of aryl methyl sites for hydroxylation is 1. The van der Waals surface area contributed by atoms with Gasteiger partial charge in [-0.3, -0.25) is 0 Å². The molecule has 0 heterocycles. The molecule has 0 aromatic heterocycles. The lowest BCUT2D eigenvalue weighted by molar-refractivity contribution is -0.139. The number of benzene rings is 3. The molecule has 0 aliphatic heterocycles. The molecule has 6 nitrogen and oxygen atoms in total. The Kier molecular flexibility index (Phi) is 12.4. The maximum atomic E-state index is 13.3. The van der Waals surface area contributed by atoms with E-state index in [2.05, 4.69) is 4.74 Å². The number of phenols is 1. The van der Waals surface area contributed by atoms with Gasteiger partial charge in [0.15, 0.2) is 0 Å². The number of aromatic hydroxyl groups is 1. The van der Waals surface area contributed by atoms with E-state index < -0.39 is 33.6 Å². The van der Waals surface area contributed by atoms with E-state index in [-0.39, 0.29) is 47.2 Å². The molecule has 0 bridgehead atoms. The number of rotatable bonds is 7. The molecule has 43 heavy (non-hydrogen) atoms. The quantitative estimate of drug-likeness (QED) is 0.205. The van der Waals surface area contributed by atoms with Gasteiger partial charge in [-0.1, -0.05) is 52.8 Å². The minimum atomic E-state index is -4.72. The van der Waals surface area contributed by atoms with Crippen molar-refractivity contribution in [2.24, 2.45) is 0 Å². The van der Waals surface area contributed by atoms with Crippen LogP contribution in [-0.4, -0.2) is 27.7 Å². The number of alkyl halides is 6. The Labute approximate surface area is 248 Å². The van der Waals surface area contributed by atoms with E-state index in [1.807, 2.05) is 0 Å². The number of phenolic OH excluding ortho intramolecular Hbond substituents is 1. The molecule has 3 rings (SSSR count). The van der Waals surface area contributed by atoms with Crippen LogP contribution in [0.25, 0.3) is 0 Å². The van der Waals surface area contributed by atoms with Gasteiger partial charge < -0.3 is 18.8 Å². The Morgan fingerprint density at radius 2 is 1.12 bits per heavy atom. The fourth-order valence-electron chi connectivity index (χ4n) is 3.80. The van der Waals surface area contributed by atoms with Crippen molar-refractivity contribution < 1.29 is 53.5 Å². The number of hydrogen-bond donors (Lipinski definition) is 1. The Balaban J connectivity index is 0.000000469. The van der Waals surface area contributed by atoms with Crippen LogP contribution in [0.5, 0.6) is 23.0 Å². The van der Waals surface area contributed by atoms with Gasteiger partial charge in [-0.25, -0.2) is 0 Å². The van der Waals surface area contributed by atoms with Crippen LogP contribution >= 0.6 is 0 Å². The summed E-state index contributed by atoms with van der Waals surface area (Å²) < 4.78 is 117. The van der Waals surface area contributed by atoms with Crippen molar-refractivity contribution in [2.45, 2.75) is 71.1 Å². The largest absolute Gasteiger partial charge is 0.508 e. The predicted octanol–water partition coefficient (Wildman–Crippen LogP) is 9.09. The molecule has 0 aliphatic rings. The molecule has 0 saturated carbocycles. The monoisotopic (exact) mass is 638 g/mol. The van der Waals surface area contributed by atoms with E-state index in [9.17, 15) is 39.9 Å². The van der Waals surface area contributed by atoms with E-state index >= 15 is 0 Å². The fourth-order valence-corrected chi connectivity index (χ4v) is 4.74. The predicted molar refractivity (Wildman–Crippen MR) is 152 cm³/mol. The molecule has 0 aliphatic carbocycles. The van der Waals surface area contributed by atoms with Gasteiger partial charge in [-0.2, -0.15) is 34.8 Å². The van der Waals surface area contributed by atoms with Crippen molar-refractivity contribution in [1.82, 2.24) is 0 Å². The van der Waals surface area contributed by atoms with Crippen molar-refractivity contribution in [3.8, 4) is 23.0 Å². The molecule has 13 heteroatoms. The molecule has 0 atom stereocenters. The summed E-state index contributed by atoms with van der Waals surface area (Å²) in [6, 6.07) is 9.59. The average Bonchev–Trinajstić information content (AvgIpc) is 2.87. The molecular formula is C30H36F6O6S. The molecule has 0 spiro atoms. The standard InChI is InChI=1S/C18H19F3O4S.C11H13F3O2.CH4/c1-11(2)14-9-17(24-4)15(18(19,20)21)10-16(14)25-26(22,23)13-7-5-12(3)6-8-13;1-6(2)7-4-10(16-3)8(5-9(7)15)11(12,13)14;/h5-11H,1-4H3;4-6,15H,1-3H3;1H4. The van der Waals surface area contributed by atoms with Crippen molar-refractivity contribution in [3.05, 3.63) is 76.3 Å². The highest BCUT2D eigenvalue weighted by Crippen LogP contribution is 2.43. The Hall–Kier alpha value is -3.61. The second kappa shape index (κ2) is 14.2. The molecule has 240 valence electrons. The maximum absolute atomic E-state index is 13.3. The summed E-state index contributed by atoms with van der Waals surface area (Å²) in [6.07, 6.45) is -9.25. The van der Waals surface area contributed by atoms with Crippen molar-refractivity contribution >= 4 is 10.1 Å². The van der Waals surface area contributed by atoms with Crippen LogP contribution in [-0.2, 0) is 22.5 Å². The van der Waals surface area contributed by atoms with Crippen LogP contribution in [0.4, 0.5) is 26.3 Å². The summed E-state index contributed by atoms with van der Waals surface area (Å²) in [5.74, 6) is -1.74. The molecule has 0 fully saturated rings. The van der Waals surface area contributed by atoms with E-state index in [1.54, 1.807) is 46.8 Å².